The minimum Gasteiger partial charge on any atom is -0.355 e. The van der Waals surface area contributed by atoms with E-state index < -0.39 is 0 Å². The third-order valence-electron chi connectivity index (χ3n) is 3.01. The third-order valence-corrected chi connectivity index (χ3v) is 3.01. The number of amides is 2. The summed E-state index contributed by atoms with van der Waals surface area (Å²) in [6.07, 6.45) is 1.02. The first kappa shape index (κ1) is 11.6. The van der Waals surface area contributed by atoms with E-state index >= 15 is 0 Å². The Morgan fingerprint density at radius 1 is 1.47 bits per heavy atom. The van der Waals surface area contributed by atoms with E-state index in [-0.39, 0.29) is 17.7 Å². The minimum atomic E-state index is -0.151. The monoisotopic (exact) mass is 236 g/mol. The molecule has 0 aliphatic carbocycles. The van der Waals surface area contributed by atoms with Gasteiger partial charge in [-0.1, -0.05) is 0 Å². The number of aromatic amines is 1. The predicted molar refractivity (Wildman–Crippen MR) is 62.4 cm³/mol. The summed E-state index contributed by atoms with van der Waals surface area (Å²) >= 11 is 0. The van der Waals surface area contributed by atoms with E-state index in [2.05, 4.69) is 20.8 Å². The Balaban J connectivity index is 2.00. The van der Waals surface area contributed by atoms with Crippen LogP contribution in [0.2, 0.25) is 0 Å². The minimum absolute atomic E-state index is 0.0183. The molecule has 2 amide bonds. The van der Waals surface area contributed by atoms with Gasteiger partial charge in [-0.25, -0.2) is 0 Å². The normalized spacial score (nSPS) is 19.9. The van der Waals surface area contributed by atoms with Gasteiger partial charge in [0.1, 0.15) is 0 Å². The molecular weight excluding hydrogens is 220 g/mol. The molecule has 1 aromatic heterocycles. The molecule has 92 valence electrons. The Labute approximate surface area is 99.2 Å². The van der Waals surface area contributed by atoms with Crippen LogP contribution in [0.3, 0.4) is 0 Å². The maximum Gasteiger partial charge on any atom is 0.229 e. The van der Waals surface area contributed by atoms with Crippen LogP contribution in [0.1, 0.15) is 24.2 Å². The van der Waals surface area contributed by atoms with Crippen molar-refractivity contribution >= 4 is 17.5 Å². The van der Waals surface area contributed by atoms with E-state index in [1.165, 1.54) is 0 Å². The standard InChI is InChI=1S/C11H16N4O2/c1-6-10(7(2)15-14-6)13-11(17)8-3-4-9(16)12-5-8/h8H,3-5H2,1-2H3,(H,12,16)(H,13,17)(H,14,15). The Kier molecular flexibility index (Phi) is 3.12. The number of nitrogens with one attached hydrogen (secondary N) is 3. The van der Waals surface area contributed by atoms with Crippen LogP contribution in [0.5, 0.6) is 0 Å². The average Bonchev–Trinajstić information content (AvgIpc) is 2.61. The number of aromatic nitrogens is 2. The molecule has 0 radical (unpaired) electrons. The Hall–Kier alpha value is -1.85. The zero-order valence-corrected chi connectivity index (χ0v) is 9.96. The third kappa shape index (κ3) is 2.46. The number of piperidine rings is 1. The Morgan fingerprint density at radius 2 is 2.24 bits per heavy atom. The van der Waals surface area contributed by atoms with Crippen LogP contribution in [-0.4, -0.2) is 28.6 Å². The molecule has 6 heteroatoms. The van der Waals surface area contributed by atoms with Gasteiger partial charge < -0.3 is 10.6 Å². The number of carbonyl (C=O) groups is 2. The largest absolute Gasteiger partial charge is 0.355 e. The van der Waals surface area contributed by atoms with Crippen molar-refractivity contribution in [3.63, 3.8) is 0 Å². The number of rotatable bonds is 2. The Morgan fingerprint density at radius 3 is 2.76 bits per heavy atom. The van der Waals surface area contributed by atoms with Crippen molar-refractivity contribution in [1.29, 1.82) is 0 Å². The lowest BCUT2D eigenvalue weighted by Gasteiger charge is -2.21. The van der Waals surface area contributed by atoms with Gasteiger partial charge in [0.05, 0.1) is 23.0 Å². The number of aryl methyl sites for hydroxylation is 2. The fourth-order valence-corrected chi connectivity index (χ4v) is 1.92. The van der Waals surface area contributed by atoms with Crippen molar-refractivity contribution < 1.29 is 9.59 Å². The summed E-state index contributed by atoms with van der Waals surface area (Å²) in [5.41, 5.74) is 2.36. The van der Waals surface area contributed by atoms with E-state index in [1.54, 1.807) is 0 Å². The van der Waals surface area contributed by atoms with Crippen molar-refractivity contribution in [2.24, 2.45) is 5.92 Å². The number of nitrogens with zero attached hydrogens (tertiary/aromatic N) is 1. The van der Waals surface area contributed by atoms with Crippen LogP contribution in [-0.2, 0) is 9.59 Å². The molecular formula is C11H16N4O2. The molecule has 1 aromatic rings. The molecule has 0 saturated carbocycles. The first-order chi connectivity index (χ1) is 8.08. The van der Waals surface area contributed by atoms with Gasteiger partial charge in [0.2, 0.25) is 11.8 Å². The zero-order valence-electron chi connectivity index (χ0n) is 9.96. The molecule has 17 heavy (non-hydrogen) atoms. The zero-order chi connectivity index (χ0) is 12.4. The SMILES string of the molecule is Cc1n[nH]c(C)c1NC(=O)C1CCC(=O)NC1. The molecule has 1 aliphatic heterocycles. The number of H-pyrrole nitrogens is 1. The summed E-state index contributed by atoms with van der Waals surface area (Å²) in [7, 11) is 0. The summed E-state index contributed by atoms with van der Waals surface area (Å²) in [6, 6.07) is 0. The lowest BCUT2D eigenvalue weighted by Crippen LogP contribution is -2.40. The molecule has 0 bridgehead atoms. The average molecular weight is 236 g/mol. The van der Waals surface area contributed by atoms with Crippen molar-refractivity contribution in [2.45, 2.75) is 26.7 Å². The fraction of sp³-hybridized carbons (Fsp3) is 0.545. The van der Waals surface area contributed by atoms with E-state index in [0.29, 0.717) is 19.4 Å². The van der Waals surface area contributed by atoms with Crippen LogP contribution in [0.4, 0.5) is 5.69 Å². The first-order valence-corrected chi connectivity index (χ1v) is 5.67. The molecule has 0 spiro atoms. The lowest BCUT2D eigenvalue weighted by atomic mass is 9.98. The van der Waals surface area contributed by atoms with E-state index in [9.17, 15) is 9.59 Å². The van der Waals surface area contributed by atoms with Crippen molar-refractivity contribution in [3.05, 3.63) is 11.4 Å². The highest BCUT2D eigenvalue weighted by molar-refractivity contribution is 5.94. The van der Waals surface area contributed by atoms with E-state index in [4.69, 9.17) is 0 Å². The lowest BCUT2D eigenvalue weighted by molar-refractivity contribution is -0.126. The van der Waals surface area contributed by atoms with Crippen molar-refractivity contribution in [3.8, 4) is 0 Å². The number of carbonyl (C=O) groups excluding carboxylic acids is 2. The summed E-state index contributed by atoms with van der Waals surface area (Å²) in [6.45, 7) is 4.11. The molecule has 1 aliphatic rings. The number of anilines is 1. The molecule has 1 atom stereocenters. The summed E-state index contributed by atoms with van der Waals surface area (Å²) in [5.74, 6) is -0.191. The van der Waals surface area contributed by atoms with Gasteiger partial charge in [-0.05, 0) is 20.3 Å². The highest BCUT2D eigenvalue weighted by Crippen LogP contribution is 2.19. The fourth-order valence-electron chi connectivity index (χ4n) is 1.92. The maximum atomic E-state index is 12.0. The van der Waals surface area contributed by atoms with E-state index in [0.717, 1.165) is 17.1 Å². The second kappa shape index (κ2) is 4.57. The first-order valence-electron chi connectivity index (χ1n) is 5.67. The second-order valence-corrected chi connectivity index (χ2v) is 4.34. The predicted octanol–water partition coefficient (Wildman–Crippen LogP) is 0.491. The second-order valence-electron chi connectivity index (χ2n) is 4.34. The summed E-state index contributed by atoms with van der Waals surface area (Å²) < 4.78 is 0. The van der Waals surface area contributed by atoms with Crippen LogP contribution >= 0.6 is 0 Å². The van der Waals surface area contributed by atoms with Gasteiger partial charge in [0.15, 0.2) is 0 Å². The van der Waals surface area contributed by atoms with Gasteiger partial charge in [0.25, 0.3) is 0 Å². The summed E-state index contributed by atoms with van der Waals surface area (Å²) in [5, 5.41) is 12.4. The Bertz CT molecular complexity index is 423. The molecule has 2 heterocycles. The number of hydrogen-bond donors (Lipinski definition) is 3. The smallest absolute Gasteiger partial charge is 0.229 e. The van der Waals surface area contributed by atoms with Crippen LogP contribution < -0.4 is 10.6 Å². The molecule has 1 saturated heterocycles. The molecule has 2 rings (SSSR count). The number of hydrogen-bond acceptors (Lipinski definition) is 3. The maximum absolute atomic E-state index is 12.0. The quantitative estimate of drug-likeness (QED) is 0.698. The molecule has 1 fully saturated rings. The molecule has 3 N–H and O–H groups in total. The molecule has 1 unspecified atom stereocenters. The topological polar surface area (TPSA) is 86.9 Å². The highest BCUT2D eigenvalue weighted by atomic mass is 16.2. The van der Waals surface area contributed by atoms with Crippen LogP contribution in [0.25, 0.3) is 0 Å². The molecule has 0 aromatic carbocycles. The van der Waals surface area contributed by atoms with Gasteiger partial charge >= 0.3 is 0 Å². The van der Waals surface area contributed by atoms with Gasteiger partial charge in [-0.3, -0.25) is 14.7 Å². The molecule has 6 nitrogen and oxygen atoms in total. The van der Waals surface area contributed by atoms with E-state index in [1.807, 2.05) is 13.8 Å². The van der Waals surface area contributed by atoms with Gasteiger partial charge in [-0.2, -0.15) is 5.10 Å². The van der Waals surface area contributed by atoms with Gasteiger partial charge in [-0.15, -0.1) is 0 Å². The van der Waals surface area contributed by atoms with Crippen LogP contribution in [0.15, 0.2) is 0 Å². The van der Waals surface area contributed by atoms with Crippen molar-refractivity contribution in [2.75, 3.05) is 11.9 Å². The van der Waals surface area contributed by atoms with Crippen molar-refractivity contribution in [1.82, 2.24) is 15.5 Å². The highest BCUT2D eigenvalue weighted by Gasteiger charge is 2.25. The summed E-state index contributed by atoms with van der Waals surface area (Å²) in [4.78, 5) is 23.0. The van der Waals surface area contributed by atoms with Gasteiger partial charge in [0, 0.05) is 13.0 Å². The van der Waals surface area contributed by atoms with Crippen LogP contribution in [0, 0.1) is 19.8 Å².